The minimum Gasteiger partial charge on any atom is -0.353 e. The number of benzene rings is 1. The molecular weight excluding hydrogens is 348 g/mol. The van der Waals surface area contributed by atoms with E-state index in [9.17, 15) is 19.2 Å². The van der Waals surface area contributed by atoms with Crippen LogP contribution in [0.3, 0.4) is 0 Å². The molecule has 0 saturated carbocycles. The van der Waals surface area contributed by atoms with Crippen LogP contribution >= 0.6 is 0 Å². The molecule has 1 saturated heterocycles. The third kappa shape index (κ3) is 4.16. The highest BCUT2D eigenvalue weighted by Gasteiger charge is 2.37. The van der Waals surface area contributed by atoms with Crippen LogP contribution < -0.4 is 5.32 Å². The first-order valence-electron chi connectivity index (χ1n) is 9.11. The summed E-state index contributed by atoms with van der Waals surface area (Å²) in [5, 5.41) is 2.85. The largest absolute Gasteiger partial charge is 0.353 e. The zero-order valence-corrected chi connectivity index (χ0v) is 15.6. The van der Waals surface area contributed by atoms with E-state index in [1.165, 1.54) is 0 Å². The van der Waals surface area contributed by atoms with E-state index in [1.807, 2.05) is 18.7 Å². The van der Waals surface area contributed by atoms with Crippen LogP contribution in [0.15, 0.2) is 24.3 Å². The SMILES string of the molecule is CC(C)NC(=O)CN1CCN(C(=O)CN2C(=O)c3ccccc3C2=O)CC1. The zero-order valence-electron chi connectivity index (χ0n) is 15.6. The van der Waals surface area contributed by atoms with E-state index in [2.05, 4.69) is 5.32 Å². The number of carbonyl (C=O) groups is 4. The van der Waals surface area contributed by atoms with Crippen LogP contribution in [0, 0.1) is 0 Å². The number of amides is 4. The van der Waals surface area contributed by atoms with E-state index in [4.69, 9.17) is 0 Å². The summed E-state index contributed by atoms with van der Waals surface area (Å²) >= 11 is 0. The van der Waals surface area contributed by atoms with Gasteiger partial charge in [0.05, 0.1) is 17.7 Å². The Bertz CT molecular complexity index is 734. The first kappa shape index (κ1) is 19.0. The van der Waals surface area contributed by atoms with Gasteiger partial charge < -0.3 is 10.2 Å². The lowest BCUT2D eigenvalue weighted by atomic mass is 10.1. The normalized spacial score (nSPS) is 17.4. The molecule has 3 rings (SSSR count). The van der Waals surface area contributed by atoms with Crippen molar-refractivity contribution in [2.45, 2.75) is 19.9 Å². The van der Waals surface area contributed by atoms with E-state index in [1.54, 1.807) is 29.2 Å². The Labute approximate surface area is 158 Å². The van der Waals surface area contributed by atoms with Crippen molar-refractivity contribution in [3.8, 4) is 0 Å². The predicted octanol–water partition coefficient (Wildman–Crippen LogP) is -0.0486. The molecule has 1 aromatic rings. The van der Waals surface area contributed by atoms with Crippen LogP contribution in [-0.2, 0) is 9.59 Å². The van der Waals surface area contributed by atoms with Gasteiger partial charge in [-0.1, -0.05) is 12.1 Å². The molecule has 0 spiro atoms. The number of piperazine rings is 1. The van der Waals surface area contributed by atoms with E-state index in [-0.39, 0.29) is 24.4 Å². The van der Waals surface area contributed by atoms with Gasteiger partial charge in [-0.05, 0) is 26.0 Å². The smallest absolute Gasteiger partial charge is 0.262 e. The molecule has 8 nitrogen and oxygen atoms in total. The first-order chi connectivity index (χ1) is 12.9. The maximum absolute atomic E-state index is 12.6. The number of carbonyl (C=O) groups excluding carboxylic acids is 4. The Morgan fingerprint density at radius 1 is 0.963 bits per heavy atom. The Morgan fingerprint density at radius 2 is 1.52 bits per heavy atom. The maximum Gasteiger partial charge on any atom is 0.262 e. The molecule has 2 heterocycles. The predicted molar refractivity (Wildman–Crippen MR) is 98.1 cm³/mol. The molecular formula is C19H24N4O4. The topological polar surface area (TPSA) is 90.0 Å². The van der Waals surface area contributed by atoms with Crippen LogP contribution in [0.2, 0.25) is 0 Å². The second-order valence-electron chi connectivity index (χ2n) is 7.12. The molecule has 0 atom stereocenters. The number of hydrogen-bond acceptors (Lipinski definition) is 5. The third-order valence-corrected chi connectivity index (χ3v) is 4.71. The van der Waals surface area contributed by atoms with Crippen LogP contribution in [-0.4, -0.2) is 83.6 Å². The second-order valence-corrected chi connectivity index (χ2v) is 7.12. The molecule has 1 N–H and O–H groups in total. The highest BCUT2D eigenvalue weighted by Crippen LogP contribution is 2.22. The van der Waals surface area contributed by atoms with E-state index in [0.29, 0.717) is 43.9 Å². The molecule has 8 heteroatoms. The summed E-state index contributed by atoms with van der Waals surface area (Å²) in [6.07, 6.45) is 0. The van der Waals surface area contributed by atoms with Crippen molar-refractivity contribution < 1.29 is 19.2 Å². The van der Waals surface area contributed by atoms with E-state index < -0.39 is 11.8 Å². The highest BCUT2D eigenvalue weighted by molar-refractivity contribution is 6.22. The van der Waals surface area contributed by atoms with Crippen LogP contribution in [0.1, 0.15) is 34.6 Å². The lowest BCUT2D eigenvalue weighted by Gasteiger charge is -2.35. The third-order valence-electron chi connectivity index (χ3n) is 4.71. The molecule has 0 aromatic heterocycles. The Balaban J connectivity index is 1.51. The van der Waals surface area contributed by atoms with Gasteiger partial charge in [0.2, 0.25) is 11.8 Å². The van der Waals surface area contributed by atoms with Crippen LogP contribution in [0.4, 0.5) is 0 Å². The fourth-order valence-corrected chi connectivity index (χ4v) is 3.34. The zero-order chi connectivity index (χ0) is 19.6. The van der Waals surface area contributed by atoms with E-state index >= 15 is 0 Å². The van der Waals surface area contributed by atoms with E-state index in [0.717, 1.165) is 4.90 Å². The van der Waals surface area contributed by atoms with Gasteiger partial charge in [-0.25, -0.2) is 0 Å². The van der Waals surface area contributed by atoms with Crippen molar-refractivity contribution in [1.82, 2.24) is 20.0 Å². The van der Waals surface area contributed by atoms with Gasteiger partial charge in [0, 0.05) is 32.2 Å². The molecule has 2 aliphatic heterocycles. The average molecular weight is 372 g/mol. The summed E-state index contributed by atoms with van der Waals surface area (Å²) in [6.45, 7) is 5.98. The molecule has 0 radical (unpaired) electrons. The molecule has 1 aromatic carbocycles. The summed E-state index contributed by atoms with van der Waals surface area (Å²) in [7, 11) is 0. The molecule has 4 amide bonds. The molecule has 0 unspecified atom stereocenters. The van der Waals surface area contributed by atoms with Crippen molar-refractivity contribution in [1.29, 1.82) is 0 Å². The average Bonchev–Trinajstić information content (AvgIpc) is 2.87. The fourth-order valence-electron chi connectivity index (χ4n) is 3.34. The molecule has 0 bridgehead atoms. The molecule has 144 valence electrons. The highest BCUT2D eigenvalue weighted by atomic mass is 16.2. The minimum atomic E-state index is -0.423. The second kappa shape index (κ2) is 7.87. The fraction of sp³-hybridized carbons (Fsp3) is 0.474. The van der Waals surface area contributed by atoms with Crippen LogP contribution in [0.25, 0.3) is 0 Å². The summed E-state index contributed by atoms with van der Waals surface area (Å²) in [5.74, 6) is -1.13. The maximum atomic E-state index is 12.6. The standard InChI is InChI=1S/C19H24N4O4/c1-13(2)20-16(24)11-21-7-9-22(10-8-21)17(25)12-23-18(26)14-5-3-4-6-15(14)19(23)27/h3-6,13H,7-12H2,1-2H3,(H,20,24). The van der Waals surface area contributed by atoms with Gasteiger partial charge in [0.1, 0.15) is 6.54 Å². The number of fused-ring (bicyclic) bond motifs is 1. The van der Waals surface area contributed by atoms with Crippen molar-refractivity contribution in [2.75, 3.05) is 39.3 Å². The Morgan fingerprint density at radius 3 is 2.04 bits per heavy atom. The number of nitrogens with one attached hydrogen (secondary N) is 1. The van der Waals surface area contributed by atoms with Gasteiger partial charge in [0.25, 0.3) is 11.8 Å². The Kier molecular flexibility index (Phi) is 5.55. The first-order valence-corrected chi connectivity index (χ1v) is 9.11. The Hall–Kier alpha value is -2.74. The summed E-state index contributed by atoms with van der Waals surface area (Å²) in [4.78, 5) is 53.8. The monoisotopic (exact) mass is 372 g/mol. The molecule has 2 aliphatic rings. The minimum absolute atomic E-state index is 0.0317. The number of imide groups is 1. The lowest BCUT2D eigenvalue weighted by molar-refractivity contribution is -0.133. The van der Waals surface area contributed by atoms with Crippen molar-refractivity contribution in [2.24, 2.45) is 0 Å². The molecule has 1 fully saturated rings. The van der Waals surface area contributed by atoms with Crippen molar-refractivity contribution in [3.05, 3.63) is 35.4 Å². The van der Waals surface area contributed by atoms with Gasteiger partial charge in [-0.15, -0.1) is 0 Å². The van der Waals surface area contributed by atoms with Crippen molar-refractivity contribution >= 4 is 23.6 Å². The lowest BCUT2D eigenvalue weighted by Crippen LogP contribution is -2.53. The molecule has 27 heavy (non-hydrogen) atoms. The van der Waals surface area contributed by atoms with Gasteiger partial charge >= 0.3 is 0 Å². The van der Waals surface area contributed by atoms with Crippen molar-refractivity contribution in [3.63, 3.8) is 0 Å². The van der Waals surface area contributed by atoms with Crippen LogP contribution in [0.5, 0.6) is 0 Å². The van der Waals surface area contributed by atoms with Gasteiger partial charge in [0.15, 0.2) is 0 Å². The van der Waals surface area contributed by atoms with Gasteiger partial charge in [-0.3, -0.25) is 29.0 Å². The summed E-state index contributed by atoms with van der Waals surface area (Å²) in [6, 6.07) is 6.69. The number of nitrogens with zero attached hydrogens (tertiary/aromatic N) is 3. The summed E-state index contributed by atoms with van der Waals surface area (Å²) < 4.78 is 0. The molecule has 0 aliphatic carbocycles. The number of rotatable bonds is 5. The summed E-state index contributed by atoms with van der Waals surface area (Å²) in [5.41, 5.74) is 0.688. The van der Waals surface area contributed by atoms with Gasteiger partial charge in [-0.2, -0.15) is 0 Å². The number of hydrogen-bond donors (Lipinski definition) is 1. The quantitative estimate of drug-likeness (QED) is 0.732.